The molecule has 0 spiro atoms. The van der Waals surface area contributed by atoms with Gasteiger partial charge in [0.15, 0.2) is 0 Å². The molecule has 1 aliphatic rings. The number of rotatable bonds is 3. The quantitative estimate of drug-likeness (QED) is 0.782. The third kappa shape index (κ3) is 4.08. The highest BCUT2D eigenvalue weighted by Crippen LogP contribution is 2.40. The number of thiophene rings is 1. The summed E-state index contributed by atoms with van der Waals surface area (Å²) in [5.41, 5.74) is 7.50. The molecule has 0 saturated heterocycles. The van der Waals surface area contributed by atoms with Gasteiger partial charge < -0.3 is 4.52 Å². The van der Waals surface area contributed by atoms with E-state index in [9.17, 15) is 9.59 Å². The van der Waals surface area contributed by atoms with Gasteiger partial charge in [0.2, 0.25) is 0 Å². The molecule has 1 atom stereocenters. The SMILES string of the molecule is CCc1noc(C)c1C(=O)NNC(=O)c1cc2c(s1)CC[C@H](C(C)(C)C)C2. The van der Waals surface area contributed by atoms with Crippen LogP contribution >= 0.6 is 11.3 Å². The number of aromatic nitrogens is 1. The first-order chi connectivity index (χ1) is 12.7. The highest BCUT2D eigenvalue weighted by Gasteiger charge is 2.30. The molecule has 0 aromatic carbocycles. The number of carbonyl (C=O) groups is 2. The van der Waals surface area contributed by atoms with Crippen LogP contribution in [0.15, 0.2) is 10.6 Å². The fraction of sp³-hybridized carbons (Fsp3) is 0.550. The van der Waals surface area contributed by atoms with Crippen LogP contribution in [0.25, 0.3) is 0 Å². The topological polar surface area (TPSA) is 84.2 Å². The minimum atomic E-state index is -0.409. The van der Waals surface area contributed by atoms with Crippen molar-refractivity contribution in [2.45, 2.75) is 60.3 Å². The summed E-state index contributed by atoms with van der Waals surface area (Å²) in [7, 11) is 0. The van der Waals surface area contributed by atoms with Crippen LogP contribution in [-0.4, -0.2) is 17.0 Å². The number of hydrazine groups is 1. The van der Waals surface area contributed by atoms with E-state index >= 15 is 0 Å². The minimum absolute atomic E-state index is 0.267. The van der Waals surface area contributed by atoms with E-state index in [2.05, 4.69) is 36.8 Å². The molecule has 7 heteroatoms. The van der Waals surface area contributed by atoms with E-state index in [4.69, 9.17) is 4.52 Å². The Morgan fingerprint density at radius 3 is 2.67 bits per heavy atom. The van der Waals surface area contributed by atoms with Crippen LogP contribution in [0.1, 0.15) is 76.0 Å². The fourth-order valence-corrected chi connectivity index (χ4v) is 4.67. The zero-order valence-corrected chi connectivity index (χ0v) is 17.4. The van der Waals surface area contributed by atoms with E-state index in [1.807, 2.05) is 13.0 Å². The molecule has 2 N–H and O–H groups in total. The molecule has 3 rings (SSSR count). The maximum atomic E-state index is 12.5. The molecule has 0 radical (unpaired) electrons. The first-order valence-electron chi connectivity index (χ1n) is 9.38. The number of aryl methyl sites for hydroxylation is 3. The lowest BCUT2D eigenvalue weighted by Gasteiger charge is -2.33. The van der Waals surface area contributed by atoms with Gasteiger partial charge in [0, 0.05) is 4.88 Å². The van der Waals surface area contributed by atoms with Crippen molar-refractivity contribution in [1.29, 1.82) is 0 Å². The second-order valence-corrected chi connectivity index (χ2v) is 9.32. The molecule has 0 fully saturated rings. The number of carbonyl (C=O) groups excluding carboxylic acids is 2. The van der Waals surface area contributed by atoms with Crippen molar-refractivity contribution >= 4 is 23.2 Å². The lowest BCUT2D eigenvalue weighted by Crippen LogP contribution is -2.41. The molecule has 27 heavy (non-hydrogen) atoms. The van der Waals surface area contributed by atoms with Gasteiger partial charge in [-0.15, -0.1) is 11.3 Å². The van der Waals surface area contributed by atoms with Gasteiger partial charge in [-0.05, 0) is 55.6 Å². The van der Waals surface area contributed by atoms with Crippen molar-refractivity contribution < 1.29 is 14.1 Å². The summed E-state index contributed by atoms with van der Waals surface area (Å²) in [5.74, 6) is 0.368. The summed E-state index contributed by atoms with van der Waals surface area (Å²) in [4.78, 5) is 26.8. The number of amides is 2. The fourth-order valence-electron chi connectivity index (χ4n) is 3.56. The van der Waals surface area contributed by atoms with Crippen LogP contribution in [0.2, 0.25) is 0 Å². The summed E-state index contributed by atoms with van der Waals surface area (Å²) in [6, 6.07) is 1.97. The summed E-state index contributed by atoms with van der Waals surface area (Å²) < 4.78 is 5.07. The van der Waals surface area contributed by atoms with E-state index in [-0.39, 0.29) is 11.3 Å². The predicted octanol–water partition coefficient (Wildman–Crippen LogP) is 3.83. The van der Waals surface area contributed by atoms with Crippen molar-refractivity contribution in [1.82, 2.24) is 16.0 Å². The molecule has 6 nitrogen and oxygen atoms in total. The molecule has 0 aliphatic heterocycles. The van der Waals surface area contributed by atoms with Crippen molar-refractivity contribution in [2.24, 2.45) is 11.3 Å². The monoisotopic (exact) mass is 389 g/mol. The average molecular weight is 390 g/mol. The average Bonchev–Trinajstić information content (AvgIpc) is 3.21. The third-order valence-electron chi connectivity index (χ3n) is 5.32. The first-order valence-corrected chi connectivity index (χ1v) is 10.2. The Hall–Kier alpha value is -2.15. The van der Waals surface area contributed by atoms with Crippen molar-refractivity contribution in [2.75, 3.05) is 0 Å². The molecular weight excluding hydrogens is 362 g/mol. The van der Waals surface area contributed by atoms with Gasteiger partial charge in [-0.3, -0.25) is 20.4 Å². The second kappa shape index (κ2) is 7.46. The van der Waals surface area contributed by atoms with Crippen molar-refractivity contribution in [3.05, 3.63) is 38.4 Å². The molecule has 2 aromatic rings. The van der Waals surface area contributed by atoms with E-state index in [0.717, 1.165) is 19.3 Å². The maximum Gasteiger partial charge on any atom is 0.279 e. The first kappa shape index (κ1) is 19.6. The van der Waals surface area contributed by atoms with Crippen LogP contribution in [0.4, 0.5) is 0 Å². The van der Waals surface area contributed by atoms with Gasteiger partial charge in [-0.1, -0.05) is 32.9 Å². The summed E-state index contributed by atoms with van der Waals surface area (Å²) in [6.07, 6.45) is 3.76. The predicted molar refractivity (Wildman–Crippen MR) is 105 cm³/mol. The summed E-state index contributed by atoms with van der Waals surface area (Å²) in [5, 5.41) is 3.86. The van der Waals surface area contributed by atoms with Crippen LogP contribution in [-0.2, 0) is 19.3 Å². The van der Waals surface area contributed by atoms with Gasteiger partial charge in [0.1, 0.15) is 11.3 Å². The Kier molecular flexibility index (Phi) is 5.42. The van der Waals surface area contributed by atoms with E-state index in [1.54, 1.807) is 6.92 Å². The number of nitrogens with zero attached hydrogens (tertiary/aromatic N) is 1. The molecule has 0 saturated carbocycles. The van der Waals surface area contributed by atoms with Crippen LogP contribution in [0.5, 0.6) is 0 Å². The van der Waals surface area contributed by atoms with Gasteiger partial charge in [-0.25, -0.2) is 0 Å². The van der Waals surface area contributed by atoms with Gasteiger partial charge >= 0.3 is 0 Å². The van der Waals surface area contributed by atoms with Crippen molar-refractivity contribution in [3.63, 3.8) is 0 Å². The van der Waals surface area contributed by atoms with Gasteiger partial charge in [-0.2, -0.15) is 0 Å². The number of fused-ring (bicyclic) bond motifs is 1. The molecule has 2 heterocycles. The molecule has 0 bridgehead atoms. The molecule has 0 unspecified atom stereocenters. The Balaban J connectivity index is 1.65. The molecular formula is C20H27N3O3S. The maximum absolute atomic E-state index is 12.5. The smallest absolute Gasteiger partial charge is 0.279 e. The van der Waals surface area contributed by atoms with Crippen molar-refractivity contribution in [3.8, 4) is 0 Å². The van der Waals surface area contributed by atoms with Crippen LogP contribution < -0.4 is 10.9 Å². The molecule has 2 aromatic heterocycles. The second-order valence-electron chi connectivity index (χ2n) is 8.19. The molecule has 2 amide bonds. The lowest BCUT2D eigenvalue weighted by atomic mass is 9.72. The number of hydrogen-bond acceptors (Lipinski definition) is 5. The lowest BCUT2D eigenvalue weighted by molar-refractivity contribution is 0.0847. The number of hydrogen-bond donors (Lipinski definition) is 2. The Bertz CT molecular complexity index is 860. The van der Waals surface area contributed by atoms with E-state index in [0.29, 0.717) is 34.2 Å². The zero-order valence-electron chi connectivity index (χ0n) is 16.6. The summed E-state index contributed by atoms with van der Waals surface area (Å²) in [6.45, 7) is 10.4. The van der Waals surface area contributed by atoms with Gasteiger partial charge in [0.05, 0.1) is 10.6 Å². The van der Waals surface area contributed by atoms with Crippen LogP contribution in [0, 0.1) is 18.3 Å². The Labute approximate surface area is 163 Å². The zero-order chi connectivity index (χ0) is 19.8. The van der Waals surface area contributed by atoms with E-state index < -0.39 is 5.91 Å². The summed E-state index contributed by atoms with van der Waals surface area (Å²) >= 11 is 1.52. The highest BCUT2D eigenvalue weighted by atomic mass is 32.1. The normalized spacial score (nSPS) is 16.7. The van der Waals surface area contributed by atoms with E-state index in [1.165, 1.54) is 21.8 Å². The molecule has 146 valence electrons. The standard InChI is InChI=1S/C20H27N3O3S/c1-6-14-17(11(2)26-23-14)19(25)22-21-18(24)16-10-12-9-13(20(3,4)5)7-8-15(12)27-16/h10,13H,6-9H2,1-5H3,(H,21,24)(H,22,25)/t13-/m0/s1. The largest absolute Gasteiger partial charge is 0.361 e. The Morgan fingerprint density at radius 2 is 2.00 bits per heavy atom. The Morgan fingerprint density at radius 1 is 1.30 bits per heavy atom. The van der Waals surface area contributed by atoms with Crippen LogP contribution in [0.3, 0.4) is 0 Å². The highest BCUT2D eigenvalue weighted by molar-refractivity contribution is 7.14. The minimum Gasteiger partial charge on any atom is -0.361 e. The molecule has 1 aliphatic carbocycles. The van der Waals surface area contributed by atoms with Gasteiger partial charge in [0.25, 0.3) is 11.8 Å². The number of nitrogens with one attached hydrogen (secondary N) is 2. The third-order valence-corrected chi connectivity index (χ3v) is 6.55.